The lowest BCUT2D eigenvalue weighted by atomic mass is 10.1. The fraction of sp³-hybridized carbons (Fsp3) is 1.00. The van der Waals surface area contributed by atoms with Gasteiger partial charge in [-0.25, -0.2) is 0 Å². The van der Waals surface area contributed by atoms with Crippen molar-refractivity contribution in [2.24, 2.45) is 0 Å². The van der Waals surface area contributed by atoms with Crippen LogP contribution in [-0.2, 0) is 4.74 Å². The second kappa shape index (κ2) is 8.25. The van der Waals surface area contributed by atoms with Gasteiger partial charge in [0.2, 0.25) is 0 Å². The average Bonchev–Trinajstić information content (AvgIpc) is 2.25. The van der Waals surface area contributed by atoms with Crippen molar-refractivity contribution in [3.8, 4) is 0 Å². The predicted molar refractivity (Wildman–Crippen MR) is 60.6 cm³/mol. The maximum absolute atomic E-state index is 5.31. The molecule has 1 aliphatic rings. The van der Waals surface area contributed by atoms with Crippen molar-refractivity contribution in [3.63, 3.8) is 0 Å². The molecule has 1 heterocycles. The molecule has 1 aliphatic heterocycles. The molecule has 0 bridgehead atoms. The van der Waals surface area contributed by atoms with Gasteiger partial charge in [0, 0.05) is 13.2 Å². The van der Waals surface area contributed by atoms with Gasteiger partial charge in [0.25, 0.3) is 0 Å². The van der Waals surface area contributed by atoms with Gasteiger partial charge in [-0.3, -0.25) is 0 Å². The Hall–Kier alpha value is -0.0800. The molecule has 0 aromatic rings. The molecule has 0 atom stereocenters. The summed E-state index contributed by atoms with van der Waals surface area (Å²) < 4.78 is 5.31. The molecule has 0 aliphatic carbocycles. The molecule has 14 heavy (non-hydrogen) atoms. The van der Waals surface area contributed by atoms with Gasteiger partial charge in [-0.05, 0) is 58.7 Å². The normalized spacial score (nSPS) is 18.6. The first-order chi connectivity index (χ1) is 6.93. The Bertz CT molecular complexity index is 121. The monoisotopic (exact) mass is 199 g/mol. The van der Waals surface area contributed by atoms with Gasteiger partial charge in [-0.1, -0.05) is 6.42 Å². The molecule has 1 fully saturated rings. The maximum Gasteiger partial charge on any atom is 0.0465 e. The van der Waals surface area contributed by atoms with Crippen molar-refractivity contribution in [2.75, 3.05) is 32.8 Å². The fourth-order valence-electron chi connectivity index (χ4n) is 2.04. The minimum absolute atomic E-state index is 0.867. The summed E-state index contributed by atoms with van der Waals surface area (Å²) in [6.45, 7) is 7.87. The molecule has 0 unspecified atom stereocenters. The van der Waals surface area contributed by atoms with E-state index in [-0.39, 0.29) is 0 Å². The zero-order valence-corrected chi connectivity index (χ0v) is 9.63. The van der Waals surface area contributed by atoms with E-state index in [9.17, 15) is 0 Å². The minimum Gasteiger partial charge on any atom is -0.382 e. The highest BCUT2D eigenvalue weighted by Gasteiger charge is 2.08. The van der Waals surface area contributed by atoms with Gasteiger partial charge in [-0.15, -0.1) is 0 Å². The highest BCUT2D eigenvalue weighted by atomic mass is 16.5. The van der Waals surface area contributed by atoms with Gasteiger partial charge >= 0.3 is 0 Å². The molecule has 2 heteroatoms. The molecule has 0 saturated carbocycles. The van der Waals surface area contributed by atoms with Crippen LogP contribution in [0.3, 0.4) is 0 Å². The number of hydrogen-bond donors (Lipinski definition) is 0. The molecule has 1 saturated heterocycles. The van der Waals surface area contributed by atoms with Crippen molar-refractivity contribution in [3.05, 3.63) is 0 Å². The van der Waals surface area contributed by atoms with Crippen molar-refractivity contribution in [1.29, 1.82) is 0 Å². The Morgan fingerprint density at radius 2 is 1.79 bits per heavy atom. The standard InChI is InChI=1S/C12H25NO/c1-2-14-12-8-4-7-11-13-9-5-3-6-10-13/h2-12H2,1H3. The van der Waals surface area contributed by atoms with Crippen molar-refractivity contribution in [1.82, 2.24) is 4.90 Å². The first kappa shape index (κ1) is 12.0. The average molecular weight is 199 g/mol. The highest BCUT2D eigenvalue weighted by Crippen LogP contribution is 2.09. The number of nitrogens with zero attached hydrogens (tertiary/aromatic N) is 1. The van der Waals surface area contributed by atoms with E-state index in [0.29, 0.717) is 0 Å². The van der Waals surface area contributed by atoms with Crippen LogP contribution in [0.15, 0.2) is 0 Å². The molecule has 2 nitrogen and oxygen atoms in total. The number of rotatable bonds is 7. The summed E-state index contributed by atoms with van der Waals surface area (Å²) in [5.41, 5.74) is 0. The lowest BCUT2D eigenvalue weighted by molar-refractivity contribution is 0.141. The van der Waals surface area contributed by atoms with E-state index in [1.54, 1.807) is 0 Å². The van der Waals surface area contributed by atoms with Gasteiger partial charge < -0.3 is 9.64 Å². The smallest absolute Gasteiger partial charge is 0.0465 e. The minimum atomic E-state index is 0.867. The van der Waals surface area contributed by atoms with Crippen LogP contribution in [0, 0.1) is 0 Å². The van der Waals surface area contributed by atoms with Gasteiger partial charge in [0.1, 0.15) is 0 Å². The molecule has 0 radical (unpaired) electrons. The van der Waals surface area contributed by atoms with Crippen LogP contribution in [0.2, 0.25) is 0 Å². The Labute approximate surface area is 88.6 Å². The maximum atomic E-state index is 5.31. The second-order valence-electron chi connectivity index (χ2n) is 4.16. The Morgan fingerprint density at radius 1 is 1.00 bits per heavy atom. The summed E-state index contributed by atoms with van der Waals surface area (Å²) in [5, 5.41) is 0. The zero-order valence-electron chi connectivity index (χ0n) is 9.63. The third kappa shape index (κ3) is 5.61. The van der Waals surface area contributed by atoms with Crippen LogP contribution in [0.5, 0.6) is 0 Å². The summed E-state index contributed by atoms with van der Waals surface area (Å²) >= 11 is 0. The first-order valence-corrected chi connectivity index (χ1v) is 6.23. The van der Waals surface area contributed by atoms with E-state index in [4.69, 9.17) is 4.74 Å². The van der Waals surface area contributed by atoms with Gasteiger partial charge in [-0.2, -0.15) is 0 Å². The summed E-state index contributed by atoms with van der Waals surface area (Å²) in [6.07, 6.45) is 8.20. The molecule has 1 rings (SSSR count). The molecule has 0 spiro atoms. The van der Waals surface area contributed by atoms with Crippen LogP contribution in [0.25, 0.3) is 0 Å². The predicted octanol–water partition coefficient (Wildman–Crippen LogP) is 2.68. The number of unbranched alkanes of at least 4 members (excludes halogenated alkanes) is 2. The highest BCUT2D eigenvalue weighted by molar-refractivity contribution is 4.64. The van der Waals surface area contributed by atoms with Crippen LogP contribution < -0.4 is 0 Å². The van der Waals surface area contributed by atoms with Gasteiger partial charge in [0.15, 0.2) is 0 Å². The number of ether oxygens (including phenoxy) is 1. The molecule has 0 N–H and O–H groups in total. The summed E-state index contributed by atoms with van der Waals surface area (Å²) in [5.74, 6) is 0. The fourth-order valence-corrected chi connectivity index (χ4v) is 2.04. The summed E-state index contributed by atoms with van der Waals surface area (Å²) in [7, 11) is 0. The molecular weight excluding hydrogens is 174 g/mol. The van der Waals surface area contributed by atoms with Crippen LogP contribution >= 0.6 is 0 Å². The van der Waals surface area contributed by atoms with Crippen molar-refractivity contribution in [2.45, 2.75) is 45.4 Å². The third-order valence-electron chi connectivity index (χ3n) is 2.92. The zero-order chi connectivity index (χ0) is 10.1. The lowest BCUT2D eigenvalue weighted by Crippen LogP contribution is -2.30. The molecular formula is C12H25NO. The third-order valence-corrected chi connectivity index (χ3v) is 2.92. The van der Waals surface area contributed by atoms with E-state index >= 15 is 0 Å². The van der Waals surface area contributed by atoms with E-state index in [2.05, 4.69) is 11.8 Å². The van der Waals surface area contributed by atoms with E-state index in [1.165, 1.54) is 58.2 Å². The largest absolute Gasteiger partial charge is 0.382 e. The SMILES string of the molecule is CCOCCCCCN1CCCCC1. The van der Waals surface area contributed by atoms with E-state index in [0.717, 1.165) is 13.2 Å². The van der Waals surface area contributed by atoms with Crippen molar-refractivity contribution >= 4 is 0 Å². The summed E-state index contributed by atoms with van der Waals surface area (Å²) in [4.78, 5) is 2.62. The quantitative estimate of drug-likeness (QED) is 0.584. The van der Waals surface area contributed by atoms with Crippen LogP contribution in [-0.4, -0.2) is 37.7 Å². The van der Waals surface area contributed by atoms with Gasteiger partial charge in [0.05, 0.1) is 0 Å². The second-order valence-corrected chi connectivity index (χ2v) is 4.16. The van der Waals surface area contributed by atoms with E-state index < -0.39 is 0 Å². The van der Waals surface area contributed by atoms with Crippen LogP contribution in [0.4, 0.5) is 0 Å². The Balaban J connectivity index is 1.82. The van der Waals surface area contributed by atoms with Crippen LogP contribution in [0.1, 0.15) is 45.4 Å². The van der Waals surface area contributed by atoms with Crippen molar-refractivity contribution < 1.29 is 4.74 Å². The molecule has 0 amide bonds. The molecule has 0 aromatic carbocycles. The summed E-state index contributed by atoms with van der Waals surface area (Å²) in [6, 6.07) is 0. The number of likely N-dealkylation sites (tertiary alicyclic amines) is 1. The lowest BCUT2D eigenvalue weighted by Gasteiger charge is -2.26. The number of piperidine rings is 1. The molecule has 84 valence electrons. The topological polar surface area (TPSA) is 12.5 Å². The Kier molecular flexibility index (Phi) is 7.06. The Morgan fingerprint density at radius 3 is 2.50 bits per heavy atom. The first-order valence-electron chi connectivity index (χ1n) is 6.23. The van der Waals surface area contributed by atoms with E-state index in [1.807, 2.05) is 0 Å². The number of hydrogen-bond acceptors (Lipinski definition) is 2. The molecule has 0 aromatic heterocycles.